The van der Waals surface area contributed by atoms with Gasteiger partial charge in [-0.05, 0) is 53.8 Å². The molecule has 4 rings (SSSR count). The molecule has 26 heavy (non-hydrogen) atoms. The van der Waals surface area contributed by atoms with Gasteiger partial charge in [-0.25, -0.2) is 0 Å². The molecule has 0 fully saturated rings. The maximum atomic E-state index is 6.31. The Bertz CT molecular complexity index is 957. The summed E-state index contributed by atoms with van der Waals surface area (Å²) < 4.78 is 0. The average molecular weight is 401 g/mol. The molecular weight excluding hydrogens is 385 g/mol. The van der Waals surface area contributed by atoms with E-state index in [0.29, 0.717) is 10.0 Å². The number of rotatable bonds is 3. The van der Waals surface area contributed by atoms with Crippen LogP contribution >= 0.6 is 34.8 Å². The van der Waals surface area contributed by atoms with Crippen molar-refractivity contribution in [2.24, 2.45) is 4.99 Å². The van der Waals surface area contributed by atoms with E-state index in [2.05, 4.69) is 24.3 Å². The van der Waals surface area contributed by atoms with Crippen LogP contribution in [0.1, 0.15) is 30.0 Å². The lowest BCUT2D eigenvalue weighted by molar-refractivity contribution is 0.723. The Hall–Kier alpha value is -1.80. The van der Waals surface area contributed by atoms with E-state index in [1.165, 1.54) is 5.56 Å². The normalized spacial score (nSPS) is 16.6. The summed E-state index contributed by atoms with van der Waals surface area (Å²) in [7, 11) is 0. The molecule has 1 unspecified atom stereocenters. The number of benzene rings is 3. The van der Waals surface area contributed by atoms with Crippen LogP contribution in [0, 0.1) is 0 Å². The molecule has 0 aliphatic carbocycles. The lowest BCUT2D eigenvalue weighted by Gasteiger charge is -2.09. The highest BCUT2D eigenvalue weighted by Crippen LogP contribution is 2.34. The van der Waals surface area contributed by atoms with Crippen molar-refractivity contribution in [1.82, 2.24) is 0 Å². The fourth-order valence-corrected chi connectivity index (χ4v) is 4.12. The first kappa shape index (κ1) is 17.6. The predicted molar refractivity (Wildman–Crippen MR) is 112 cm³/mol. The van der Waals surface area contributed by atoms with E-state index in [1.807, 2.05) is 36.4 Å². The van der Waals surface area contributed by atoms with Gasteiger partial charge in [-0.3, -0.25) is 4.99 Å². The highest BCUT2D eigenvalue weighted by atomic mass is 35.5. The molecule has 4 heteroatoms. The molecule has 1 aliphatic rings. The van der Waals surface area contributed by atoms with E-state index >= 15 is 0 Å². The van der Waals surface area contributed by atoms with Crippen LogP contribution in [0.25, 0.3) is 11.1 Å². The van der Waals surface area contributed by atoms with E-state index < -0.39 is 0 Å². The fourth-order valence-electron chi connectivity index (χ4n) is 3.35. The minimum absolute atomic E-state index is 0.179. The van der Waals surface area contributed by atoms with Gasteiger partial charge < -0.3 is 0 Å². The highest BCUT2D eigenvalue weighted by Gasteiger charge is 2.21. The third-order valence-electron chi connectivity index (χ3n) is 4.64. The van der Waals surface area contributed by atoms with Gasteiger partial charge in [0.2, 0.25) is 0 Å². The monoisotopic (exact) mass is 399 g/mol. The topological polar surface area (TPSA) is 12.4 Å². The number of halogens is 3. The van der Waals surface area contributed by atoms with E-state index in [0.717, 1.165) is 40.3 Å². The maximum absolute atomic E-state index is 6.31. The molecule has 1 atom stereocenters. The molecule has 0 amide bonds. The summed E-state index contributed by atoms with van der Waals surface area (Å²) in [5.74, 6) is 0. The first-order chi connectivity index (χ1) is 12.6. The fraction of sp³-hybridized carbons (Fsp3) is 0.136. The Balaban J connectivity index is 1.59. The van der Waals surface area contributed by atoms with Gasteiger partial charge in [-0.1, -0.05) is 77.3 Å². The van der Waals surface area contributed by atoms with Crippen molar-refractivity contribution >= 4 is 40.5 Å². The van der Waals surface area contributed by atoms with Gasteiger partial charge in [-0.15, -0.1) is 0 Å². The summed E-state index contributed by atoms with van der Waals surface area (Å²) in [6.07, 6.45) is 1.95. The van der Waals surface area contributed by atoms with Crippen LogP contribution < -0.4 is 0 Å². The highest BCUT2D eigenvalue weighted by molar-refractivity contribution is 6.35. The van der Waals surface area contributed by atoms with Crippen LogP contribution in [0.4, 0.5) is 0 Å². The molecule has 130 valence electrons. The molecular formula is C22H16Cl3N. The standard InChI is InChI=1S/C22H16Cl3N/c23-17-11-16(12-18(24)13-17)14-5-7-15(8-6-14)21-9-10-22(26-21)19-3-1-2-4-20(19)25/h1-8,11-13,21H,9-10H2. The first-order valence-electron chi connectivity index (χ1n) is 8.48. The lowest BCUT2D eigenvalue weighted by Crippen LogP contribution is -1.96. The number of hydrogen-bond acceptors (Lipinski definition) is 1. The zero-order valence-electron chi connectivity index (χ0n) is 13.9. The van der Waals surface area contributed by atoms with Gasteiger partial charge >= 0.3 is 0 Å². The zero-order chi connectivity index (χ0) is 18.1. The van der Waals surface area contributed by atoms with Crippen LogP contribution in [-0.2, 0) is 0 Å². The Morgan fingerprint density at radius 2 is 1.46 bits per heavy atom. The van der Waals surface area contributed by atoms with Crippen molar-refractivity contribution in [2.75, 3.05) is 0 Å². The van der Waals surface area contributed by atoms with Crippen molar-refractivity contribution in [1.29, 1.82) is 0 Å². The van der Waals surface area contributed by atoms with Gasteiger partial charge in [-0.2, -0.15) is 0 Å². The predicted octanol–water partition coefficient (Wildman–Crippen LogP) is 7.64. The molecule has 1 heterocycles. The SMILES string of the molecule is Clc1cc(Cl)cc(-c2ccc(C3CCC(c4ccccc4Cl)=N3)cc2)c1. The van der Waals surface area contributed by atoms with Crippen LogP contribution in [0.15, 0.2) is 71.7 Å². The molecule has 0 saturated carbocycles. The van der Waals surface area contributed by atoms with Gasteiger partial charge in [0, 0.05) is 26.3 Å². The molecule has 0 spiro atoms. The first-order valence-corrected chi connectivity index (χ1v) is 9.61. The molecule has 3 aromatic rings. The third-order valence-corrected chi connectivity index (χ3v) is 5.41. The average Bonchev–Trinajstić information content (AvgIpc) is 3.11. The summed E-state index contributed by atoms with van der Waals surface area (Å²) in [5.41, 5.74) is 5.45. The lowest BCUT2D eigenvalue weighted by atomic mass is 9.99. The van der Waals surface area contributed by atoms with Gasteiger partial charge in [0.15, 0.2) is 0 Å². The van der Waals surface area contributed by atoms with Crippen molar-refractivity contribution in [2.45, 2.75) is 18.9 Å². The summed E-state index contributed by atoms with van der Waals surface area (Å²) >= 11 is 18.5. The number of hydrogen-bond donors (Lipinski definition) is 0. The largest absolute Gasteiger partial charge is 0.281 e. The zero-order valence-corrected chi connectivity index (χ0v) is 16.2. The van der Waals surface area contributed by atoms with E-state index in [4.69, 9.17) is 39.8 Å². The number of aliphatic imine (C=N–C) groups is 1. The molecule has 0 aromatic heterocycles. The van der Waals surface area contributed by atoms with Gasteiger partial charge in [0.05, 0.1) is 6.04 Å². The van der Waals surface area contributed by atoms with Crippen LogP contribution in [-0.4, -0.2) is 5.71 Å². The van der Waals surface area contributed by atoms with Crippen molar-refractivity contribution in [3.05, 3.63) is 92.9 Å². The van der Waals surface area contributed by atoms with Crippen molar-refractivity contribution < 1.29 is 0 Å². The summed E-state index contributed by atoms with van der Waals surface area (Å²) in [6, 6.07) is 22.1. The molecule has 1 nitrogen and oxygen atoms in total. The van der Waals surface area contributed by atoms with Crippen LogP contribution in [0.2, 0.25) is 15.1 Å². The smallest absolute Gasteiger partial charge is 0.0756 e. The molecule has 0 saturated heterocycles. The second kappa shape index (κ2) is 7.44. The summed E-state index contributed by atoms with van der Waals surface area (Å²) in [6.45, 7) is 0. The number of nitrogens with zero attached hydrogens (tertiary/aromatic N) is 1. The summed E-state index contributed by atoms with van der Waals surface area (Å²) in [5, 5.41) is 2.04. The third kappa shape index (κ3) is 3.66. The molecule has 0 radical (unpaired) electrons. The van der Waals surface area contributed by atoms with Crippen LogP contribution in [0.5, 0.6) is 0 Å². The van der Waals surface area contributed by atoms with E-state index in [-0.39, 0.29) is 6.04 Å². The minimum atomic E-state index is 0.179. The molecule has 0 bridgehead atoms. The Morgan fingerprint density at radius 3 is 2.15 bits per heavy atom. The Kier molecular flexibility index (Phi) is 5.04. The minimum Gasteiger partial charge on any atom is -0.281 e. The quantitative estimate of drug-likeness (QED) is 0.428. The molecule has 3 aromatic carbocycles. The molecule has 1 aliphatic heterocycles. The summed E-state index contributed by atoms with van der Waals surface area (Å²) in [4.78, 5) is 4.91. The second-order valence-electron chi connectivity index (χ2n) is 6.39. The van der Waals surface area contributed by atoms with Crippen molar-refractivity contribution in [3.63, 3.8) is 0 Å². The Morgan fingerprint density at radius 1 is 0.769 bits per heavy atom. The maximum Gasteiger partial charge on any atom is 0.0756 e. The van der Waals surface area contributed by atoms with E-state index in [9.17, 15) is 0 Å². The van der Waals surface area contributed by atoms with Gasteiger partial charge in [0.25, 0.3) is 0 Å². The van der Waals surface area contributed by atoms with Crippen molar-refractivity contribution in [3.8, 4) is 11.1 Å². The molecule has 0 N–H and O–H groups in total. The van der Waals surface area contributed by atoms with Gasteiger partial charge in [0.1, 0.15) is 0 Å². The van der Waals surface area contributed by atoms with Crippen LogP contribution in [0.3, 0.4) is 0 Å². The second-order valence-corrected chi connectivity index (χ2v) is 7.67. The Labute approximate surface area is 168 Å². The van der Waals surface area contributed by atoms with E-state index in [1.54, 1.807) is 6.07 Å².